The normalized spacial score (nSPS) is 25.6. The number of hydrogen-bond donors (Lipinski definition) is 1. The van der Waals surface area contributed by atoms with Crippen molar-refractivity contribution in [2.45, 2.75) is 38.5 Å². The molecule has 3 unspecified atom stereocenters. The fourth-order valence-corrected chi connectivity index (χ4v) is 3.40. The lowest BCUT2D eigenvalue weighted by Gasteiger charge is -2.36. The van der Waals surface area contributed by atoms with Crippen molar-refractivity contribution in [3.8, 4) is 0 Å². The van der Waals surface area contributed by atoms with Gasteiger partial charge in [0.25, 0.3) is 0 Å². The molecule has 0 spiro atoms. The third kappa shape index (κ3) is 4.55. The number of benzene rings is 1. The molecule has 1 aliphatic rings. The minimum absolute atomic E-state index is 0.345. The van der Waals surface area contributed by atoms with Crippen LogP contribution in [0.1, 0.15) is 31.9 Å². The van der Waals surface area contributed by atoms with Crippen LogP contribution in [0.3, 0.4) is 0 Å². The molecule has 3 atom stereocenters. The lowest BCUT2D eigenvalue weighted by atomic mass is 10.0. The molecule has 0 aromatic heterocycles. The number of nitrogens with one attached hydrogen (secondary N) is 1. The van der Waals surface area contributed by atoms with Crippen molar-refractivity contribution in [1.29, 1.82) is 0 Å². The van der Waals surface area contributed by atoms with Crippen LogP contribution in [0.25, 0.3) is 0 Å². The Labute approximate surface area is 130 Å². The fraction of sp³-hybridized carbons (Fsp3) is 0.625. The summed E-state index contributed by atoms with van der Waals surface area (Å²) < 4.78 is 6.93. The van der Waals surface area contributed by atoms with Gasteiger partial charge in [0.1, 0.15) is 0 Å². The van der Waals surface area contributed by atoms with Crippen LogP contribution in [0.15, 0.2) is 28.7 Å². The number of nitrogens with zero attached hydrogens (tertiary/aromatic N) is 1. The van der Waals surface area contributed by atoms with Gasteiger partial charge < -0.3 is 10.1 Å². The second kappa shape index (κ2) is 7.55. The Kier molecular flexibility index (Phi) is 6.02. The summed E-state index contributed by atoms with van der Waals surface area (Å²) in [6, 6.07) is 8.97. The Morgan fingerprint density at radius 1 is 1.35 bits per heavy atom. The van der Waals surface area contributed by atoms with Gasteiger partial charge in [-0.3, -0.25) is 4.90 Å². The summed E-state index contributed by atoms with van der Waals surface area (Å²) in [4.78, 5) is 2.52. The van der Waals surface area contributed by atoms with Gasteiger partial charge in [-0.2, -0.15) is 0 Å². The maximum absolute atomic E-state index is 5.79. The first kappa shape index (κ1) is 16.0. The number of morpholine rings is 1. The lowest BCUT2D eigenvalue weighted by Crippen LogP contribution is -2.46. The summed E-state index contributed by atoms with van der Waals surface area (Å²) in [5.74, 6) is 0. The highest BCUT2D eigenvalue weighted by atomic mass is 79.9. The molecule has 0 aliphatic carbocycles. The third-order valence-electron chi connectivity index (χ3n) is 3.83. The monoisotopic (exact) mass is 340 g/mol. The van der Waals surface area contributed by atoms with Gasteiger partial charge in [0.2, 0.25) is 0 Å². The molecule has 112 valence electrons. The van der Waals surface area contributed by atoms with Crippen LogP contribution in [0, 0.1) is 0 Å². The molecule has 1 aromatic rings. The second-order valence-corrected chi connectivity index (χ2v) is 6.62. The van der Waals surface area contributed by atoms with Crippen LogP contribution in [-0.4, -0.2) is 43.8 Å². The van der Waals surface area contributed by atoms with Gasteiger partial charge in [0.05, 0.1) is 12.2 Å². The number of halogens is 1. The van der Waals surface area contributed by atoms with Gasteiger partial charge in [-0.05, 0) is 45.0 Å². The van der Waals surface area contributed by atoms with E-state index in [1.165, 1.54) is 5.56 Å². The number of ether oxygens (including phenoxy) is 1. The first-order valence-corrected chi connectivity index (χ1v) is 8.18. The molecule has 1 heterocycles. The molecule has 1 N–H and O–H groups in total. The largest absolute Gasteiger partial charge is 0.373 e. The highest BCUT2D eigenvalue weighted by Gasteiger charge is 2.22. The summed E-state index contributed by atoms with van der Waals surface area (Å²) in [7, 11) is 2.04. The smallest absolute Gasteiger partial charge is 0.0678 e. The predicted octanol–water partition coefficient (Wildman–Crippen LogP) is 3.21. The highest BCUT2D eigenvalue weighted by Crippen LogP contribution is 2.21. The Balaban J connectivity index is 1.90. The molecule has 0 radical (unpaired) electrons. The molecular weight excluding hydrogens is 316 g/mol. The molecule has 1 aromatic carbocycles. The van der Waals surface area contributed by atoms with Gasteiger partial charge in [0, 0.05) is 30.1 Å². The molecule has 20 heavy (non-hydrogen) atoms. The molecule has 2 rings (SSSR count). The van der Waals surface area contributed by atoms with Crippen LogP contribution < -0.4 is 5.32 Å². The van der Waals surface area contributed by atoms with Crippen molar-refractivity contribution in [3.05, 3.63) is 34.3 Å². The van der Waals surface area contributed by atoms with E-state index in [0.717, 1.165) is 30.5 Å². The van der Waals surface area contributed by atoms with Crippen molar-refractivity contribution in [2.75, 3.05) is 26.7 Å². The Hall–Kier alpha value is -0.420. The number of hydrogen-bond acceptors (Lipinski definition) is 3. The molecule has 1 fully saturated rings. The van der Waals surface area contributed by atoms with Gasteiger partial charge in [-0.15, -0.1) is 0 Å². The van der Waals surface area contributed by atoms with Crippen molar-refractivity contribution < 1.29 is 4.74 Å². The van der Waals surface area contributed by atoms with E-state index >= 15 is 0 Å². The zero-order valence-corrected chi connectivity index (χ0v) is 14.2. The van der Waals surface area contributed by atoms with Gasteiger partial charge >= 0.3 is 0 Å². The van der Waals surface area contributed by atoms with Crippen molar-refractivity contribution in [3.63, 3.8) is 0 Å². The number of rotatable bonds is 5. The van der Waals surface area contributed by atoms with E-state index in [2.05, 4.69) is 64.3 Å². The minimum Gasteiger partial charge on any atom is -0.373 e. The molecule has 1 aliphatic heterocycles. The van der Waals surface area contributed by atoms with Crippen molar-refractivity contribution in [1.82, 2.24) is 10.2 Å². The highest BCUT2D eigenvalue weighted by molar-refractivity contribution is 9.10. The zero-order chi connectivity index (χ0) is 14.5. The van der Waals surface area contributed by atoms with Crippen LogP contribution >= 0.6 is 15.9 Å². The second-order valence-electron chi connectivity index (χ2n) is 5.70. The van der Waals surface area contributed by atoms with Crippen LogP contribution in [-0.2, 0) is 4.74 Å². The summed E-state index contributed by atoms with van der Waals surface area (Å²) in [5, 5.41) is 3.43. The van der Waals surface area contributed by atoms with Crippen LogP contribution in [0.5, 0.6) is 0 Å². The van der Waals surface area contributed by atoms with E-state index in [9.17, 15) is 0 Å². The van der Waals surface area contributed by atoms with Gasteiger partial charge in [0.15, 0.2) is 0 Å². The average molecular weight is 341 g/mol. The minimum atomic E-state index is 0.345. The average Bonchev–Trinajstić information content (AvgIpc) is 2.38. The Morgan fingerprint density at radius 3 is 2.65 bits per heavy atom. The summed E-state index contributed by atoms with van der Waals surface area (Å²) in [5.41, 5.74) is 1.34. The maximum atomic E-state index is 5.79. The Bertz CT molecular complexity index is 417. The quantitative estimate of drug-likeness (QED) is 0.890. The molecule has 0 saturated carbocycles. The molecular formula is C16H25BrN2O. The van der Waals surface area contributed by atoms with Crippen molar-refractivity contribution in [2.24, 2.45) is 0 Å². The van der Waals surface area contributed by atoms with Crippen molar-refractivity contribution >= 4 is 15.9 Å². The third-order valence-corrected chi connectivity index (χ3v) is 4.32. The summed E-state index contributed by atoms with van der Waals surface area (Å²) in [6.45, 7) is 7.51. The summed E-state index contributed by atoms with van der Waals surface area (Å²) >= 11 is 3.55. The molecule has 4 heteroatoms. The van der Waals surface area contributed by atoms with E-state index in [4.69, 9.17) is 4.74 Å². The first-order chi connectivity index (χ1) is 9.58. The van der Waals surface area contributed by atoms with E-state index in [1.54, 1.807) is 0 Å². The van der Waals surface area contributed by atoms with E-state index < -0.39 is 0 Å². The molecule has 3 nitrogen and oxygen atoms in total. The fourth-order valence-electron chi connectivity index (χ4n) is 2.98. The van der Waals surface area contributed by atoms with Crippen LogP contribution in [0.2, 0.25) is 0 Å². The van der Waals surface area contributed by atoms with Gasteiger partial charge in [-0.25, -0.2) is 0 Å². The molecule has 0 amide bonds. The van der Waals surface area contributed by atoms with Gasteiger partial charge in [-0.1, -0.05) is 28.1 Å². The topological polar surface area (TPSA) is 24.5 Å². The van der Waals surface area contributed by atoms with E-state index in [0.29, 0.717) is 18.2 Å². The van der Waals surface area contributed by atoms with E-state index in [-0.39, 0.29) is 0 Å². The van der Waals surface area contributed by atoms with E-state index in [1.807, 2.05) is 7.05 Å². The molecule has 1 saturated heterocycles. The summed E-state index contributed by atoms with van der Waals surface area (Å²) in [6.07, 6.45) is 1.81. The molecule has 0 bridgehead atoms. The van der Waals surface area contributed by atoms with Crippen LogP contribution in [0.4, 0.5) is 0 Å². The zero-order valence-electron chi connectivity index (χ0n) is 12.6. The maximum Gasteiger partial charge on any atom is 0.0678 e. The lowest BCUT2D eigenvalue weighted by molar-refractivity contribution is -0.0685. The first-order valence-electron chi connectivity index (χ1n) is 7.39. The standard InChI is InChI=1S/C16H25BrN2O/c1-12-10-19(11-13(2)20-12)8-7-16(18-3)14-5-4-6-15(17)9-14/h4-6,9,12-13,16,18H,7-8,10-11H2,1-3H3. The Morgan fingerprint density at radius 2 is 2.05 bits per heavy atom. The predicted molar refractivity (Wildman–Crippen MR) is 87.0 cm³/mol. The SMILES string of the molecule is CNC(CCN1CC(C)OC(C)C1)c1cccc(Br)c1.